The van der Waals surface area contributed by atoms with Crippen LogP contribution in [0.1, 0.15) is 64.4 Å². The van der Waals surface area contributed by atoms with E-state index in [1.807, 2.05) is 6.07 Å². The van der Waals surface area contributed by atoms with Crippen molar-refractivity contribution in [2.45, 2.75) is 58.8 Å². The highest BCUT2D eigenvalue weighted by Crippen LogP contribution is 2.12. The molecule has 0 saturated carbocycles. The molecule has 0 spiro atoms. The quantitative estimate of drug-likeness (QED) is 0.219. The number of unbranched alkanes of at least 4 members (excludes halogenated alkanes) is 5. The Morgan fingerprint density at radius 1 is 1.07 bits per heavy atom. The van der Waals surface area contributed by atoms with Crippen molar-refractivity contribution in [3.05, 3.63) is 42.0 Å². The van der Waals surface area contributed by atoms with Crippen LogP contribution in [-0.4, -0.2) is 28.6 Å². The smallest absolute Gasteiger partial charge is 0.328 e. The van der Waals surface area contributed by atoms with Gasteiger partial charge in [0.15, 0.2) is 0 Å². The summed E-state index contributed by atoms with van der Waals surface area (Å²) in [5.74, 6) is -1.84. The Morgan fingerprint density at radius 3 is 2.50 bits per heavy atom. The van der Waals surface area contributed by atoms with E-state index < -0.39 is 11.9 Å². The van der Waals surface area contributed by atoms with E-state index in [0.29, 0.717) is 17.8 Å². The van der Waals surface area contributed by atoms with Crippen molar-refractivity contribution in [2.75, 3.05) is 5.32 Å². The maximum Gasteiger partial charge on any atom is 0.328 e. The van der Waals surface area contributed by atoms with E-state index in [1.165, 1.54) is 19.3 Å². The molecule has 0 aliphatic carbocycles. The molecular formula is C21H29N3O4. The molecule has 1 aromatic carbocycles. The molecule has 28 heavy (non-hydrogen) atoms. The third-order valence-electron chi connectivity index (χ3n) is 4.03. The second kappa shape index (κ2) is 13.2. The van der Waals surface area contributed by atoms with Crippen molar-refractivity contribution < 1.29 is 19.5 Å². The first-order valence-electron chi connectivity index (χ1n) is 9.58. The Balaban J connectivity index is 2.50. The summed E-state index contributed by atoms with van der Waals surface area (Å²) in [4.78, 5) is 34.0. The van der Waals surface area contributed by atoms with Crippen LogP contribution < -0.4 is 10.7 Å². The van der Waals surface area contributed by atoms with Gasteiger partial charge in [0.25, 0.3) is 0 Å². The van der Waals surface area contributed by atoms with Crippen LogP contribution in [0, 0.1) is 0 Å². The Morgan fingerprint density at radius 2 is 1.79 bits per heavy atom. The molecule has 7 nitrogen and oxygen atoms in total. The van der Waals surface area contributed by atoms with Crippen molar-refractivity contribution in [1.29, 1.82) is 0 Å². The number of amides is 2. The van der Waals surface area contributed by atoms with Crippen LogP contribution in [0.4, 0.5) is 5.69 Å². The second-order valence-corrected chi connectivity index (χ2v) is 6.49. The highest BCUT2D eigenvalue weighted by atomic mass is 16.4. The van der Waals surface area contributed by atoms with E-state index in [2.05, 4.69) is 22.8 Å². The van der Waals surface area contributed by atoms with E-state index >= 15 is 0 Å². The van der Waals surface area contributed by atoms with Crippen LogP contribution in [-0.2, 0) is 14.4 Å². The Labute approximate surface area is 165 Å². The Hall–Kier alpha value is -2.96. The van der Waals surface area contributed by atoms with Crippen LogP contribution in [0.25, 0.3) is 0 Å². The molecule has 0 radical (unpaired) electrons. The lowest BCUT2D eigenvalue weighted by Crippen LogP contribution is -2.19. The fourth-order valence-corrected chi connectivity index (χ4v) is 2.49. The lowest BCUT2D eigenvalue weighted by Gasteiger charge is -2.06. The molecule has 0 aliphatic heterocycles. The molecule has 1 aromatic rings. The minimum absolute atomic E-state index is 0.113. The number of nitrogens with one attached hydrogen (secondary N) is 2. The summed E-state index contributed by atoms with van der Waals surface area (Å²) in [5, 5.41) is 15.2. The summed E-state index contributed by atoms with van der Waals surface area (Å²) in [6.45, 7) is 3.93. The van der Waals surface area contributed by atoms with E-state index in [1.54, 1.807) is 25.1 Å². The van der Waals surface area contributed by atoms with Crippen LogP contribution in [0.3, 0.4) is 0 Å². The molecule has 0 aliphatic rings. The van der Waals surface area contributed by atoms with Gasteiger partial charge >= 0.3 is 5.97 Å². The van der Waals surface area contributed by atoms with E-state index in [4.69, 9.17) is 5.11 Å². The third kappa shape index (κ3) is 10.3. The monoisotopic (exact) mass is 387 g/mol. The zero-order valence-electron chi connectivity index (χ0n) is 16.5. The predicted octanol–water partition coefficient (Wildman–Crippen LogP) is 3.86. The molecule has 0 heterocycles. The molecule has 2 amide bonds. The first kappa shape index (κ1) is 23.1. The van der Waals surface area contributed by atoms with Crippen LogP contribution in [0.5, 0.6) is 0 Å². The maximum absolute atomic E-state index is 11.9. The van der Waals surface area contributed by atoms with Crippen molar-refractivity contribution in [1.82, 2.24) is 5.43 Å². The van der Waals surface area contributed by atoms with E-state index in [-0.39, 0.29) is 5.91 Å². The number of hydrogen-bond acceptors (Lipinski definition) is 4. The number of carboxylic acid groups (broad SMARTS) is 1. The summed E-state index contributed by atoms with van der Waals surface area (Å²) in [7, 11) is 0. The SMILES string of the molecule is CCCCCCCCC(=O)N/N=C(/C)c1cccc(NC(=O)/C=C/C(=O)O)c1. The van der Waals surface area contributed by atoms with Gasteiger partial charge in [0, 0.05) is 24.3 Å². The van der Waals surface area contributed by atoms with Gasteiger partial charge < -0.3 is 10.4 Å². The molecule has 0 saturated heterocycles. The average molecular weight is 387 g/mol. The molecular weight excluding hydrogens is 358 g/mol. The van der Waals surface area contributed by atoms with Gasteiger partial charge in [-0.05, 0) is 31.0 Å². The first-order chi connectivity index (χ1) is 13.4. The van der Waals surface area contributed by atoms with Crippen molar-refractivity contribution in [2.24, 2.45) is 5.10 Å². The molecule has 0 atom stereocenters. The molecule has 0 bridgehead atoms. The lowest BCUT2D eigenvalue weighted by molar-refractivity contribution is -0.131. The van der Waals surface area contributed by atoms with Crippen molar-refractivity contribution in [3.8, 4) is 0 Å². The zero-order valence-corrected chi connectivity index (χ0v) is 16.5. The zero-order chi connectivity index (χ0) is 20.8. The molecule has 3 N–H and O–H groups in total. The summed E-state index contributed by atoms with van der Waals surface area (Å²) in [6, 6.07) is 6.93. The normalized spacial score (nSPS) is 11.4. The number of carboxylic acids is 1. The number of rotatable bonds is 12. The van der Waals surface area contributed by atoms with E-state index in [9.17, 15) is 14.4 Å². The minimum Gasteiger partial charge on any atom is -0.478 e. The molecule has 7 heteroatoms. The Kier molecular flexibility index (Phi) is 10.9. The van der Waals surface area contributed by atoms with Gasteiger partial charge in [-0.15, -0.1) is 0 Å². The number of anilines is 1. The van der Waals surface area contributed by atoms with Crippen LogP contribution in [0.2, 0.25) is 0 Å². The van der Waals surface area contributed by atoms with Gasteiger partial charge in [0.1, 0.15) is 0 Å². The highest BCUT2D eigenvalue weighted by molar-refractivity contribution is 6.04. The minimum atomic E-state index is -1.19. The maximum atomic E-state index is 11.9. The van der Waals surface area contributed by atoms with Gasteiger partial charge in [-0.2, -0.15) is 5.10 Å². The molecule has 0 aromatic heterocycles. The fraction of sp³-hybridized carbons (Fsp3) is 0.429. The average Bonchev–Trinajstić information content (AvgIpc) is 2.67. The van der Waals surface area contributed by atoms with Gasteiger partial charge in [0.2, 0.25) is 11.8 Å². The predicted molar refractivity (Wildman–Crippen MR) is 110 cm³/mol. The molecule has 0 unspecified atom stereocenters. The number of benzene rings is 1. The summed E-state index contributed by atoms with van der Waals surface area (Å²) in [5.41, 5.74) is 4.41. The largest absolute Gasteiger partial charge is 0.478 e. The lowest BCUT2D eigenvalue weighted by atomic mass is 10.1. The summed E-state index contributed by atoms with van der Waals surface area (Å²) >= 11 is 0. The van der Waals surface area contributed by atoms with Gasteiger partial charge in [0.05, 0.1) is 5.71 Å². The number of carbonyl (C=O) groups is 3. The second-order valence-electron chi connectivity index (χ2n) is 6.49. The topological polar surface area (TPSA) is 108 Å². The van der Waals surface area contributed by atoms with Gasteiger partial charge in [-0.25, -0.2) is 10.2 Å². The molecule has 152 valence electrons. The first-order valence-corrected chi connectivity index (χ1v) is 9.58. The standard InChI is InChI=1S/C21H29N3O4/c1-3-4-5-6-7-8-12-20(26)24-23-16(2)17-10-9-11-18(15-17)22-19(25)13-14-21(27)28/h9-11,13-15H,3-8,12H2,1-2H3,(H,22,25)(H,24,26)(H,27,28)/b14-13+,23-16-. The Bertz CT molecular complexity index is 726. The molecule has 0 fully saturated rings. The fourth-order valence-electron chi connectivity index (χ4n) is 2.49. The van der Waals surface area contributed by atoms with Crippen LogP contribution >= 0.6 is 0 Å². The van der Waals surface area contributed by atoms with Crippen molar-refractivity contribution in [3.63, 3.8) is 0 Å². The number of hydrazone groups is 1. The number of nitrogens with zero attached hydrogens (tertiary/aromatic N) is 1. The number of hydrogen-bond donors (Lipinski definition) is 3. The van der Waals surface area contributed by atoms with Crippen molar-refractivity contribution >= 4 is 29.2 Å². The highest BCUT2D eigenvalue weighted by Gasteiger charge is 2.04. The number of carbonyl (C=O) groups excluding carboxylic acids is 2. The van der Waals surface area contributed by atoms with Gasteiger partial charge in [-0.3, -0.25) is 9.59 Å². The number of aliphatic carboxylic acids is 1. The molecule has 1 rings (SSSR count). The summed E-state index contributed by atoms with van der Waals surface area (Å²) in [6.07, 6.45) is 8.89. The summed E-state index contributed by atoms with van der Waals surface area (Å²) < 4.78 is 0. The van der Waals surface area contributed by atoms with Gasteiger partial charge in [-0.1, -0.05) is 51.2 Å². The van der Waals surface area contributed by atoms with E-state index in [0.717, 1.165) is 37.0 Å². The van der Waals surface area contributed by atoms with Crippen LogP contribution in [0.15, 0.2) is 41.5 Å². The third-order valence-corrected chi connectivity index (χ3v) is 4.03.